The molecule has 0 saturated carbocycles. The number of hydrogen-bond acceptors (Lipinski definition) is 2. The van der Waals surface area contributed by atoms with Crippen molar-refractivity contribution < 1.29 is 4.74 Å². The second kappa shape index (κ2) is 3.74. The number of nitrogens with two attached hydrogens (primary N) is 1. The largest absolute Gasteiger partial charge is 0.497 e. The van der Waals surface area contributed by atoms with Gasteiger partial charge in [-0.15, -0.1) is 0 Å². The van der Waals surface area contributed by atoms with Gasteiger partial charge in [-0.05, 0) is 36.6 Å². The zero-order valence-corrected chi connectivity index (χ0v) is 8.36. The van der Waals surface area contributed by atoms with Gasteiger partial charge in [-0.1, -0.05) is 12.2 Å². The quantitative estimate of drug-likeness (QED) is 0.573. The lowest BCUT2D eigenvalue weighted by Crippen LogP contribution is -1.99. The maximum absolute atomic E-state index is 5.93. The summed E-state index contributed by atoms with van der Waals surface area (Å²) in [6, 6.07) is 5.85. The van der Waals surface area contributed by atoms with E-state index in [-0.39, 0.29) is 0 Å². The predicted octanol–water partition coefficient (Wildman–Crippen LogP) is 2.71. The Labute approximate surface area is 84.4 Å². The van der Waals surface area contributed by atoms with Gasteiger partial charge in [0, 0.05) is 11.6 Å². The highest BCUT2D eigenvalue weighted by molar-refractivity contribution is 5.53. The van der Waals surface area contributed by atoms with Crippen molar-refractivity contribution in [3.63, 3.8) is 0 Å². The van der Waals surface area contributed by atoms with Gasteiger partial charge in [-0.2, -0.15) is 0 Å². The van der Waals surface area contributed by atoms with Crippen molar-refractivity contribution in [3.05, 3.63) is 35.9 Å². The van der Waals surface area contributed by atoms with Crippen molar-refractivity contribution in [1.82, 2.24) is 0 Å². The molecule has 1 aromatic rings. The van der Waals surface area contributed by atoms with Crippen LogP contribution in [-0.2, 0) is 0 Å². The molecular weight excluding hydrogens is 174 g/mol. The van der Waals surface area contributed by atoms with Gasteiger partial charge in [0.2, 0.25) is 0 Å². The van der Waals surface area contributed by atoms with Crippen LogP contribution in [0.1, 0.15) is 24.3 Å². The summed E-state index contributed by atoms with van der Waals surface area (Å²) in [7, 11) is 1.68. The summed E-state index contributed by atoms with van der Waals surface area (Å²) in [5.74, 6) is 1.36. The lowest BCUT2D eigenvalue weighted by molar-refractivity contribution is 0.414. The van der Waals surface area contributed by atoms with E-state index in [1.54, 1.807) is 7.11 Å². The molecule has 1 unspecified atom stereocenters. The van der Waals surface area contributed by atoms with Crippen LogP contribution in [0.4, 0.5) is 5.69 Å². The molecule has 14 heavy (non-hydrogen) atoms. The Morgan fingerprint density at radius 2 is 2.29 bits per heavy atom. The highest BCUT2D eigenvalue weighted by atomic mass is 16.5. The van der Waals surface area contributed by atoms with E-state index in [4.69, 9.17) is 10.5 Å². The Hall–Kier alpha value is -1.44. The molecule has 0 bridgehead atoms. The van der Waals surface area contributed by atoms with Crippen LogP contribution in [-0.4, -0.2) is 7.11 Å². The lowest BCUT2D eigenvalue weighted by atomic mass is 9.97. The van der Waals surface area contributed by atoms with E-state index in [1.165, 1.54) is 5.56 Å². The molecule has 74 valence electrons. The SMILES string of the molecule is COc1ccc(N)c(C2C=CCC2)c1. The summed E-state index contributed by atoms with van der Waals surface area (Å²) < 4.78 is 5.19. The summed E-state index contributed by atoms with van der Waals surface area (Å²) >= 11 is 0. The van der Waals surface area contributed by atoms with E-state index in [0.717, 1.165) is 24.3 Å². The van der Waals surface area contributed by atoms with Gasteiger partial charge in [0.25, 0.3) is 0 Å². The normalized spacial score (nSPS) is 19.9. The zero-order chi connectivity index (χ0) is 9.97. The van der Waals surface area contributed by atoms with Crippen LogP contribution < -0.4 is 10.5 Å². The standard InChI is InChI=1S/C12H15NO/c1-14-10-6-7-12(13)11(8-10)9-4-2-3-5-9/h2,4,6-9H,3,5,13H2,1H3. The minimum atomic E-state index is 0.477. The van der Waals surface area contributed by atoms with Gasteiger partial charge >= 0.3 is 0 Å². The third kappa shape index (κ3) is 1.60. The monoisotopic (exact) mass is 189 g/mol. The molecule has 0 spiro atoms. The Bertz CT molecular complexity index is 357. The van der Waals surface area contributed by atoms with Crippen LogP contribution in [0, 0.1) is 0 Å². The average molecular weight is 189 g/mol. The van der Waals surface area contributed by atoms with Gasteiger partial charge in [0.1, 0.15) is 5.75 Å². The molecular formula is C12H15NO. The van der Waals surface area contributed by atoms with Gasteiger partial charge in [-0.3, -0.25) is 0 Å². The second-order valence-corrected chi connectivity index (χ2v) is 3.61. The van der Waals surface area contributed by atoms with E-state index in [9.17, 15) is 0 Å². The Balaban J connectivity index is 2.35. The van der Waals surface area contributed by atoms with Gasteiger partial charge in [-0.25, -0.2) is 0 Å². The number of nitrogen functional groups attached to an aromatic ring is 1. The lowest BCUT2D eigenvalue weighted by Gasteiger charge is -2.12. The van der Waals surface area contributed by atoms with Crippen LogP contribution >= 0.6 is 0 Å². The molecule has 1 aromatic carbocycles. The molecule has 1 aliphatic rings. The van der Waals surface area contributed by atoms with Crippen molar-refractivity contribution in [2.45, 2.75) is 18.8 Å². The molecule has 0 aromatic heterocycles. The van der Waals surface area contributed by atoms with Crippen LogP contribution in [0.15, 0.2) is 30.4 Å². The van der Waals surface area contributed by atoms with Crippen LogP contribution in [0.3, 0.4) is 0 Å². The van der Waals surface area contributed by atoms with E-state index in [0.29, 0.717) is 5.92 Å². The van der Waals surface area contributed by atoms with Crippen molar-refractivity contribution >= 4 is 5.69 Å². The average Bonchev–Trinajstić information content (AvgIpc) is 2.71. The Morgan fingerprint density at radius 1 is 1.43 bits per heavy atom. The molecule has 0 fully saturated rings. The molecule has 0 radical (unpaired) electrons. The summed E-state index contributed by atoms with van der Waals surface area (Å²) in [5.41, 5.74) is 7.99. The number of anilines is 1. The molecule has 2 heteroatoms. The summed E-state index contributed by atoms with van der Waals surface area (Å²) in [6.07, 6.45) is 6.76. The third-order valence-electron chi connectivity index (χ3n) is 2.71. The minimum absolute atomic E-state index is 0.477. The van der Waals surface area contributed by atoms with E-state index in [1.807, 2.05) is 18.2 Å². The van der Waals surface area contributed by atoms with Crippen LogP contribution in [0.5, 0.6) is 5.75 Å². The maximum Gasteiger partial charge on any atom is 0.119 e. The highest BCUT2D eigenvalue weighted by Gasteiger charge is 2.14. The molecule has 0 heterocycles. The molecule has 0 aliphatic heterocycles. The van der Waals surface area contributed by atoms with E-state index in [2.05, 4.69) is 12.2 Å². The number of ether oxygens (including phenoxy) is 1. The topological polar surface area (TPSA) is 35.2 Å². The fourth-order valence-electron chi connectivity index (χ4n) is 1.89. The van der Waals surface area contributed by atoms with Crippen LogP contribution in [0.2, 0.25) is 0 Å². The van der Waals surface area contributed by atoms with Gasteiger partial charge < -0.3 is 10.5 Å². The number of rotatable bonds is 2. The van der Waals surface area contributed by atoms with Crippen LogP contribution in [0.25, 0.3) is 0 Å². The molecule has 1 aliphatic carbocycles. The molecule has 0 amide bonds. The first-order valence-electron chi connectivity index (χ1n) is 4.91. The van der Waals surface area contributed by atoms with Crippen molar-refractivity contribution in [3.8, 4) is 5.75 Å². The maximum atomic E-state index is 5.93. The van der Waals surface area contributed by atoms with E-state index < -0.39 is 0 Å². The number of allylic oxidation sites excluding steroid dienone is 2. The van der Waals surface area contributed by atoms with Gasteiger partial charge in [0.05, 0.1) is 7.11 Å². The highest BCUT2D eigenvalue weighted by Crippen LogP contribution is 2.34. The number of methoxy groups -OCH3 is 1. The van der Waals surface area contributed by atoms with Crippen molar-refractivity contribution in [2.24, 2.45) is 0 Å². The molecule has 2 nitrogen and oxygen atoms in total. The Kier molecular flexibility index (Phi) is 2.44. The first-order chi connectivity index (χ1) is 6.81. The smallest absolute Gasteiger partial charge is 0.119 e. The second-order valence-electron chi connectivity index (χ2n) is 3.61. The molecule has 0 saturated heterocycles. The number of benzene rings is 1. The van der Waals surface area contributed by atoms with Crippen molar-refractivity contribution in [1.29, 1.82) is 0 Å². The fourth-order valence-corrected chi connectivity index (χ4v) is 1.89. The predicted molar refractivity (Wildman–Crippen MR) is 58.5 cm³/mol. The first kappa shape index (κ1) is 9.13. The summed E-state index contributed by atoms with van der Waals surface area (Å²) in [6.45, 7) is 0. The molecule has 1 atom stereocenters. The third-order valence-corrected chi connectivity index (χ3v) is 2.71. The minimum Gasteiger partial charge on any atom is -0.497 e. The van der Waals surface area contributed by atoms with E-state index >= 15 is 0 Å². The van der Waals surface area contributed by atoms with Gasteiger partial charge in [0.15, 0.2) is 0 Å². The summed E-state index contributed by atoms with van der Waals surface area (Å²) in [4.78, 5) is 0. The summed E-state index contributed by atoms with van der Waals surface area (Å²) in [5, 5.41) is 0. The Morgan fingerprint density at radius 3 is 2.93 bits per heavy atom. The van der Waals surface area contributed by atoms with Crippen molar-refractivity contribution in [2.75, 3.05) is 12.8 Å². The molecule has 2 rings (SSSR count). The number of hydrogen-bond donors (Lipinski definition) is 1. The molecule has 2 N–H and O–H groups in total. The first-order valence-corrected chi connectivity index (χ1v) is 4.91. The fraction of sp³-hybridized carbons (Fsp3) is 0.333. The zero-order valence-electron chi connectivity index (χ0n) is 8.36.